The molecule has 10 nitrogen and oxygen atoms in total. The van der Waals surface area contributed by atoms with Gasteiger partial charge < -0.3 is 35.0 Å². The highest BCUT2D eigenvalue weighted by atomic mass is 16.7. The summed E-state index contributed by atoms with van der Waals surface area (Å²) in [4.78, 5) is 22.7. The summed E-state index contributed by atoms with van der Waals surface area (Å²) in [5, 5.41) is 49.0. The van der Waals surface area contributed by atoms with Gasteiger partial charge in [0.05, 0.1) is 6.61 Å². The number of hydrogen-bond donors (Lipinski definition) is 6. The maximum atomic E-state index is 11.8. The molecule has 132 valence electrons. The second kappa shape index (κ2) is 7.55. The molecule has 1 aromatic carbocycles. The van der Waals surface area contributed by atoms with Gasteiger partial charge in [-0.2, -0.15) is 0 Å². The highest BCUT2D eigenvalue weighted by Gasteiger charge is 2.48. The third-order valence-corrected chi connectivity index (χ3v) is 3.42. The Bertz CT molecular complexity index is 590. The molecule has 24 heavy (non-hydrogen) atoms. The van der Waals surface area contributed by atoms with Crippen molar-refractivity contribution < 1.29 is 44.6 Å². The molecular weight excluding hydrogens is 326 g/mol. The predicted molar refractivity (Wildman–Crippen MR) is 76.8 cm³/mol. The molecule has 1 heterocycles. The number of aliphatic hydroxyl groups excluding tert-OH is 4. The Balaban J connectivity index is 1.99. The Kier molecular flexibility index (Phi) is 5.70. The van der Waals surface area contributed by atoms with Gasteiger partial charge in [-0.3, -0.25) is 5.32 Å². The van der Waals surface area contributed by atoms with Crippen LogP contribution < -0.4 is 5.32 Å². The molecule has 0 saturated carbocycles. The van der Waals surface area contributed by atoms with Crippen molar-refractivity contribution >= 4 is 17.7 Å². The van der Waals surface area contributed by atoms with Gasteiger partial charge in [-0.25, -0.2) is 9.59 Å². The first-order valence-corrected chi connectivity index (χ1v) is 6.93. The molecule has 1 amide bonds. The molecule has 5 unspecified atom stereocenters. The van der Waals surface area contributed by atoms with Gasteiger partial charge in [0.25, 0.3) is 0 Å². The van der Waals surface area contributed by atoms with Gasteiger partial charge >= 0.3 is 12.1 Å². The lowest BCUT2D eigenvalue weighted by molar-refractivity contribution is -0.277. The number of aliphatic carboxylic acids is 1. The number of hydrogen-bond acceptors (Lipinski definition) is 8. The number of rotatable bonds is 4. The van der Waals surface area contributed by atoms with E-state index in [4.69, 9.17) is 19.7 Å². The van der Waals surface area contributed by atoms with Crippen molar-refractivity contribution in [3.05, 3.63) is 29.8 Å². The number of carboxylic acid groups (broad SMARTS) is 1. The zero-order valence-corrected chi connectivity index (χ0v) is 12.3. The molecule has 0 aromatic heterocycles. The first-order valence-electron chi connectivity index (χ1n) is 6.93. The zero-order valence-electron chi connectivity index (χ0n) is 12.3. The van der Waals surface area contributed by atoms with Crippen molar-refractivity contribution in [3.63, 3.8) is 0 Å². The largest absolute Gasteiger partial charge is 0.479 e. The summed E-state index contributed by atoms with van der Waals surface area (Å²) in [6.07, 6.45) is -10.2. The average Bonchev–Trinajstić information content (AvgIpc) is 2.55. The van der Waals surface area contributed by atoms with Gasteiger partial charge in [0.2, 0.25) is 6.29 Å². The summed E-state index contributed by atoms with van der Waals surface area (Å²) in [5.74, 6) is -1.58. The lowest BCUT2D eigenvalue weighted by Crippen LogP contribution is -2.60. The van der Waals surface area contributed by atoms with Crippen molar-refractivity contribution in [3.8, 4) is 0 Å². The molecule has 1 aliphatic rings. The monoisotopic (exact) mass is 343 g/mol. The molecule has 6 N–H and O–H groups in total. The van der Waals surface area contributed by atoms with E-state index in [9.17, 15) is 24.9 Å². The lowest BCUT2D eigenvalue weighted by Gasteiger charge is -2.37. The summed E-state index contributed by atoms with van der Waals surface area (Å²) < 4.78 is 9.57. The van der Waals surface area contributed by atoms with Crippen molar-refractivity contribution in [2.24, 2.45) is 0 Å². The maximum Gasteiger partial charge on any atom is 0.414 e. The molecule has 0 bridgehead atoms. The molecular formula is C14H17NO9. The van der Waals surface area contributed by atoms with Gasteiger partial charge in [0.1, 0.15) is 18.3 Å². The fraction of sp³-hybridized carbons (Fsp3) is 0.429. The van der Waals surface area contributed by atoms with Crippen LogP contribution in [-0.2, 0) is 20.9 Å². The Morgan fingerprint density at radius 2 is 1.71 bits per heavy atom. The summed E-state index contributed by atoms with van der Waals surface area (Å²) >= 11 is 0. The molecule has 1 aromatic rings. The van der Waals surface area contributed by atoms with Crippen LogP contribution in [0, 0.1) is 0 Å². The number of benzene rings is 1. The summed E-state index contributed by atoms with van der Waals surface area (Å²) in [6.45, 7) is -0.163. The fourth-order valence-corrected chi connectivity index (χ4v) is 2.10. The highest BCUT2D eigenvalue weighted by Crippen LogP contribution is 2.23. The first kappa shape index (κ1) is 18.1. The van der Waals surface area contributed by atoms with E-state index in [0.717, 1.165) is 0 Å². The number of nitrogens with one attached hydrogen (secondary N) is 1. The standard InChI is InChI=1S/C14H17NO9/c16-5-6-1-3-7(4-2-6)15-14(22)24-13-10(19)8(17)9(18)11(23-13)12(20)21/h1-4,8-11,13,16-19H,5H2,(H,15,22)(H,20,21). The van der Waals surface area contributed by atoms with Crippen LogP contribution in [0.25, 0.3) is 0 Å². The Morgan fingerprint density at radius 3 is 2.25 bits per heavy atom. The molecule has 1 saturated heterocycles. The molecule has 0 aliphatic carbocycles. The molecule has 1 aliphatic heterocycles. The van der Waals surface area contributed by atoms with E-state index < -0.39 is 42.8 Å². The second-order valence-electron chi connectivity index (χ2n) is 5.12. The normalized spacial score (nSPS) is 29.8. The number of amides is 1. The third kappa shape index (κ3) is 3.99. The van der Waals surface area contributed by atoms with E-state index in [1.165, 1.54) is 12.1 Å². The van der Waals surface area contributed by atoms with E-state index in [1.807, 2.05) is 0 Å². The molecule has 0 spiro atoms. The van der Waals surface area contributed by atoms with E-state index >= 15 is 0 Å². The topological polar surface area (TPSA) is 166 Å². The van der Waals surface area contributed by atoms with Crippen LogP contribution in [0.3, 0.4) is 0 Å². The lowest BCUT2D eigenvalue weighted by atomic mass is 9.99. The summed E-state index contributed by atoms with van der Waals surface area (Å²) in [5.41, 5.74) is 0.944. The minimum atomic E-state index is -1.87. The Hall–Kier alpha value is -2.24. The van der Waals surface area contributed by atoms with Gasteiger partial charge in [-0.05, 0) is 17.7 Å². The number of anilines is 1. The quantitative estimate of drug-likeness (QED) is 0.386. The van der Waals surface area contributed by atoms with Gasteiger partial charge in [-0.15, -0.1) is 0 Å². The van der Waals surface area contributed by atoms with E-state index in [2.05, 4.69) is 5.32 Å². The van der Waals surface area contributed by atoms with Crippen molar-refractivity contribution in [1.29, 1.82) is 0 Å². The van der Waals surface area contributed by atoms with Crippen LogP contribution in [0.5, 0.6) is 0 Å². The fourth-order valence-electron chi connectivity index (χ4n) is 2.10. The number of carbonyl (C=O) groups excluding carboxylic acids is 1. The van der Waals surface area contributed by atoms with E-state index in [-0.39, 0.29) is 6.61 Å². The van der Waals surface area contributed by atoms with Crippen LogP contribution >= 0.6 is 0 Å². The number of aliphatic hydroxyl groups is 4. The molecule has 1 fully saturated rings. The molecule has 5 atom stereocenters. The molecule has 0 radical (unpaired) electrons. The minimum absolute atomic E-state index is 0.163. The number of carbonyl (C=O) groups is 2. The van der Waals surface area contributed by atoms with Crippen molar-refractivity contribution in [2.75, 3.05) is 5.32 Å². The van der Waals surface area contributed by atoms with Crippen molar-refractivity contribution in [2.45, 2.75) is 37.3 Å². The van der Waals surface area contributed by atoms with Gasteiger partial charge in [-0.1, -0.05) is 12.1 Å². The van der Waals surface area contributed by atoms with Crippen LogP contribution in [0.1, 0.15) is 5.56 Å². The second-order valence-corrected chi connectivity index (χ2v) is 5.12. The SMILES string of the molecule is O=C(Nc1ccc(CO)cc1)OC1OC(C(=O)O)C(O)C(O)C1O. The first-order chi connectivity index (χ1) is 11.3. The van der Waals surface area contributed by atoms with E-state index in [1.54, 1.807) is 12.1 Å². The van der Waals surface area contributed by atoms with E-state index in [0.29, 0.717) is 11.3 Å². The maximum absolute atomic E-state index is 11.8. The van der Waals surface area contributed by atoms with Crippen LogP contribution in [0.15, 0.2) is 24.3 Å². The summed E-state index contributed by atoms with van der Waals surface area (Å²) in [7, 11) is 0. The van der Waals surface area contributed by atoms with Crippen molar-refractivity contribution in [1.82, 2.24) is 0 Å². The van der Waals surface area contributed by atoms with Crippen LogP contribution in [0.2, 0.25) is 0 Å². The summed E-state index contributed by atoms with van der Waals surface area (Å²) in [6, 6.07) is 6.09. The van der Waals surface area contributed by atoms with Crippen LogP contribution in [-0.4, -0.2) is 68.3 Å². The molecule has 2 rings (SSSR count). The Labute approximate surface area is 135 Å². The van der Waals surface area contributed by atoms with Crippen LogP contribution in [0.4, 0.5) is 10.5 Å². The minimum Gasteiger partial charge on any atom is -0.479 e. The molecule has 10 heteroatoms. The average molecular weight is 343 g/mol. The third-order valence-electron chi connectivity index (χ3n) is 3.42. The Morgan fingerprint density at radius 1 is 1.08 bits per heavy atom. The van der Waals surface area contributed by atoms with Gasteiger partial charge in [0.15, 0.2) is 6.10 Å². The highest BCUT2D eigenvalue weighted by molar-refractivity contribution is 5.84. The predicted octanol–water partition coefficient (Wildman–Crippen LogP) is -1.38. The zero-order chi connectivity index (χ0) is 17.9. The van der Waals surface area contributed by atoms with Gasteiger partial charge in [0, 0.05) is 5.69 Å². The smallest absolute Gasteiger partial charge is 0.414 e. The number of carboxylic acids is 1. The number of ether oxygens (including phenoxy) is 2.